The number of nitrogens with zero attached hydrogens (tertiary/aromatic N) is 2. The standard InChI is InChI=1S/C20H28N4O/c1-21-10-11-22-15-5-7-16(8-6-15)24-12-9-14-13-23-20(25)17-3-2-4-18(24)19(14)17/h2-4,13,15-16,21-22H,5-12H2,1H3,(H,23,25). The predicted molar refractivity (Wildman–Crippen MR) is 102 cm³/mol. The SMILES string of the molecule is CNCCNC1CCC(N2CCc3cnc(O)c4cccc2c34)CC1. The molecule has 4 rings (SSSR count). The van der Waals surface area contributed by atoms with Gasteiger partial charge in [0.15, 0.2) is 0 Å². The van der Waals surface area contributed by atoms with Crippen molar-refractivity contribution in [3.8, 4) is 5.88 Å². The van der Waals surface area contributed by atoms with E-state index in [9.17, 15) is 5.11 Å². The van der Waals surface area contributed by atoms with Gasteiger partial charge in [-0.25, -0.2) is 4.98 Å². The highest BCUT2D eigenvalue weighted by Gasteiger charge is 2.29. The van der Waals surface area contributed by atoms with Gasteiger partial charge in [0.2, 0.25) is 5.88 Å². The minimum Gasteiger partial charge on any atom is -0.493 e. The monoisotopic (exact) mass is 340 g/mol. The number of hydrogen-bond acceptors (Lipinski definition) is 5. The van der Waals surface area contributed by atoms with Crippen molar-refractivity contribution in [3.05, 3.63) is 30.0 Å². The van der Waals surface area contributed by atoms with Gasteiger partial charge in [0.05, 0.1) is 0 Å². The fraction of sp³-hybridized carbons (Fsp3) is 0.550. The molecule has 0 unspecified atom stereocenters. The van der Waals surface area contributed by atoms with Crippen LogP contribution < -0.4 is 15.5 Å². The highest BCUT2D eigenvalue weighted by Crippen LogP contribution is 2.39. The molecule has 1 aliphatic carbocycles. The zero-order chi connectivity index (χ0) is 17.2. The summed E-state index contributed by atoms with van der Waals surface area (Å²) in [6, 6.07) is 7.51. The second-order valence-corrected chi connectivity index (χ2v) is 7.31. The summed E-state index contributed by atoms with van der Waals surface area (Å²) < 4.78 is 0. The number of benzene rings is 1. The molecule has 5 nitrogen and oxygen atoms in total. The number of aromatic hydroxyl groups is 1. The van der Waals surface area contributed by atoms with Crippen LogP contribution in [-0.2, 0) is 6.42 Å². The van der Waals surface area contributed by atoms with E-state index in [1.807, 2.05) is 25.4 Å². The van der Waals surface area contributed by atoms with Gasteiger partial charge >= 0.3 is 0 Å². The van der Waals surface area contributed by atoms with Crippen molar-refractivity contribution >= 4 is 16.5 Å². The zero-order valence-corrected chi connectivity index (χ0v) is 15.0. The number of hydrogen-bond donors (Lipinski definition) is 3. The fourth-order valence-corrected chi connectivity index (χ4v) is 4.50. The molecule has 1 aromatic heterocycles. The largest absolute Gasteiger partial charge is 0.493 e. The summed E-state index contributed by atoms with van der Waals surface area (Å²) in [5, 5.41) is 19.1. The van der Waals surface area contributed by atoms with E-state index < -0.39 is 0 Å². The molecule has 25 heavy (non-hydrogen) atoms. The van der Waals surface area contributed by atoms with Crippen LogP contribution in [0.3, 0.4) is 0 Å². The van der Waals surface area contributed by atoms with Crippen molar-refractivity contribution < 1.29 is 5.11 Å². The summed E-state index contributed by atoms with van der Waals surface area (Å²) in [6.45, 7) is 3.14. The molecule has 5 heteroatoms. The van der Waals surface area contributed by atoms with E-state index in [1.54, 1.807) is 0 Å². The van der Waals surface area contributed by atoms with Crippen LogP contribution in [0, 0.1) is 0 Å². The number of nitrogens with one attached hydrogen (secondary N) is 2. The minimum atomic E-state index is 0.153. The van der Waals surface area contributed by atoms with Gasteiger partial charge in [0.1, 0.15) is 0 Å². The van der Waals surface area contributed by atoms with E-state index in [4.69, 9.17) is 0 Å². The third-order valence-corrected chi connectivity index (χ3v) is 5.82. The van der Waals surface area contributed by atoms with Gasteiger partial charge in [-0.1, -0.05) is 6.07 Å². The highest BCUT2D eigenvalue weighted by molar-refractivity contribution is 6.00. The number of likely N-dealkylation sites (N-methyl/N-ethyl adjacent to an activating group) is 1. The summed E-state index contributed by atoms with van der Waals surface area (Å²) in [6.07, 6.45) is 7.83. The second kappa shape index (κ2) is 7.18. The molecule has 1 aliphatic heterocycles. The Bertz CT molecular complexity index is 740. The Hall–Kier alpha value is -1.85. The van der Waals surface area contributed by atoms with E-state index in [0.29, 0.717) is 12.1 Å². The van der Waals surface area contributed by atoms with Gasteiger partial charge < -0.3 is 20.6 Å². The Morgan fingerprint density at radius 2 is 2.04 bits per heavy atom. The van der Waals surface area contributed by atoms with Crippen LogP contribution in [0.1, 0.15) is 31.2 Å². The maximum Gasteiger partial charge on any atom is 0.218 e. The van der Waals surface area contributed by atoms with Crippen LogP contribution in [-0.4, -0.2) is 48.9 Å². The molecular weight excluding hydrogens is 312 g/mol. The molecule has 1 aromatic carbocycles. The third kappa shape index (κ3) is 3.18. The van der Waals surface area contributed by atoms with Crippen molar-refractivity contribution in [2.75, 3.05) is 31.6 Å². The minimum absolute atomic E-state index is 0.153. The zero-order valence-electron chi connectivity index (χ0n) is 15.0. The number of rotatable bonds is 5. The van der Waals surface area contributed by atoms with E-state index in [2.05, 4.69) is 26.6 Å². The Morgan fingerprint density at radius 1 is 1.20 bits per heavy atom. The molecule has 0 radical (unpaired) electrons. The topological polar surface area (TPSA) is 60.4 Å². The summed E-state index contributed by atoms with van der Waals surface area (Å²) >= 11 is 0. The van der Waals surface area contributed by atoms with Gasteiger partial charge in [0.25, 0.3) is 0 Å². The van der Waals surface area contributed by atoms with Crippen molar-refractivity contribution in [1.82, 2.24) is 15.6 Å². The third-order valence-electron chi connectivity index (χ3n) is 5.82. The second-order valence-electron chi connectivity index (χ2n) is 7.31. The molecule has 1 saturated carbocycles. The normalized spacial score (nSPS) is 23.2. The molecule has 2 heterocycles. The quantitative estimate of drug-likeness (QED) is 0.730. The van der Waals surface area contributed by atoms with E-state index in [1.165, 1.54) is 42.3 Å². The summed E-state index contributed by atoms with van der Waals surface area (Å²) in [7, 11) is 2.00. The van der Waals surface area contributed by atoms with Crippen LogP contribution in [0.4, 0.5) is 5.69 Å². The molecule has 1 fully saturated rings. The molecule has 0 bridgehead atoms. The lowest BCUT2D eigenvalue weighted by atomic mass is 9.88. The Morgan fingerprint density at radius 3 is 2.84 bits per heavy atom. The lowest BCUT2D eigenvalue weighted by molar-refractivity contribution is 0.331. The number of anilines is 1. The Kier molecular flexibility index (Phi) is 4.77. The van der Waals surface area contributed by atoms with E-state index >= 15 is 0 Å². The molecule has 0 saturated heterocycles. The van der Waals surface area contributed by atoms with Crippen molar-refractivity contribution in [2.45, 2.75) is 44.2 Å². The van der Waals surface area contributed by atoms with Crippen LogP contribution in [0.15, 0.2) is 24.4 Å². The van der Waals surface area contributed by atoms with Gasteiger partial charge in [-0.05, 0) is 56.8 Å². The smallest absolute Gasteiger partial charge is 0.218 e. The van der Waals surface area contributed by atoms with Crippen LogP contribution in [0.2, 0.25) is 0 Å². The first-order valence-corrected chi connectivity index (χ1v) is 9.52. The molecule has 0 atom stereocenters. The molecular formula is C20H28N4O. The number of aromatic nitrogens is 1. The van der Waals surface area contributed by atoms with E-state index in [0.717, 1.165) is 31.4 Å². The van der Waals surface area contributed by atoms with Crippen molar-refractivity contribution in [2.24, 2.45) is 0 Å². The van der Waals surface area contributed by atoms with Gasteiger partial charge in [0, 0.05) is 54.4 Å². The Labute approximate surface area is 149 Å². The molecule has 0 amide bonds. The first kappa shape index (κ1) is 16.6. The average molecular weight is 340 g/mol. The Balaban J connectivity index is 1.51. The first-order chi connectivity index (χ1) is 12.3. The lowest BCUT2D eigenvalue weighted by Gasteiger charge is -2.41. The summed E-state index contributed by atoms with van der Waals surface area (Å²) in [5.41, 5.74) is 2.55. The van der Waals surface area contributed by atoms with Crippen molar-refractivity contribution in [1.29, 1.82) is 0 Å². The average Bonchev–Trinajstić information content (AvgIpc) is 2.66. The molecule has 0 spiro atoms. The summed E-state index contributed by atoms with van der Waals surface area (Å²) in [4.78, 5) is 6.74. The number of pyridine rings is 1. The maximum absolute atomic E-state index is 10.1. The maximum atomic E-state index is 10.1. The van der Waals surface area contributed by atoms with Gasteiger partial charge in [-0.3, -0.25) is 0 Å². The first-order valence-electron chi connectivity index (χ1n) is 9.52. The highest BCUT2D eigenvalue weighted by atomic mass is 16.3. The van der Waals surface area contributed by atoms with Crippen molar-refractivity contribution in [3.63, 3.8) is 0 Å². The molecule has 2 aromatic rings. The summed E-state index contributed by atoms with van der Waals surface area (Å²) in [5.74, 6) is 0.153. The van der Waals surface area contributed by atoms with E-state index in [-0.39, 0.29) is 5.88 Å². The van der Waals surface area contributed by atoms with Gasteiger partial charge in [-0.15, -0.1) is 0 Å². The van der Waals surface area contributed by atoms with Gasteiger partial charge in [-0.2, -0.15) is 0 Å². The van der Waals surface area contributed by atoms with Crippen LogP contribution in [0.5, 0.6) is 5.88 Å². The van der Waals surface area contributed by atoms with Crippen LogP contribution in [0.25, 0.3) is 10.8 Å². The fourth-order valence-electron chi connectivity index (χ4n) is 4.50. The lowest BCUT2D eigenvalue weighted by Crippen LogP contribution is -2.45. The molecule has 3 N–H and O–H groups in total. The molecule has 134 valence electrons. The van der Waals surface area contributed by atoms with Crippen LogP contribution >= 0.6 is 0 Å². The predicted octanol–water partition coefficient (Wildman–Crippen LogP) is 2.42. The molecule has 2 aliphatic rings.